The van der Waals surface area contributed by atoms with Crippen LogP contribution in [0.3, 0.4) is 0 Å². The van der Waals surface area contributed by atoms with Gasteiger partial charge in [-0.1, -0.05) is 48.5 Å². The van der Waals surface area contributed by atoms with Gasteiger partial charge in [-0.25, -0.2) is 4.98 Å². The minimum Gasteiger partial charge on any atom is -0.309 e. The maximum atomic E-state index is 12.8. The molecule has 132 valence electrons. The second kappa shape index (κ2) is 7.26. The molecule has 3 aromatic rings. The number of aryl methyl sites for hydroxylation is 1. The Morgan fingerprint density at radius 2 is 1.92 bits per heavy atom. The fourth-order valence-electron chi connectivity index (χ4n) is 3.78. The fourth-order valence-corrected chi connectivity index (χ4v) is 3.78. The van der Waals surface area contributed by atoms with E-state index >= 15 is 0 Å². The van der Waals surface area contributed by atoms with Crippen LogP contribution in [0, 0.1) is 6.92 Å². The van der Waals surface area contributed by atoms with Gasteiger partial charge in [-0.05, 0) is 54.8 Å². The number of likely N-dealkylation sites (tertiary alicyclic amines) is 1. The predicted molar refractivity (Wildman–Crippen MR) is 105 cm³/mol. The molecule has 26 heavy (non-hydrogen) atoms. The molecule has 2 heterocycles. The van der Waals surface area contributed by atoms with Gasteiger partial charge >= 0.3 is 0 Å². The number of nitrogens with one attached hydrogen (secondary N) is 1. The highest BCUT2D eigenvalue weighted by Gasteiger charge is 2.31. The molecular formula is C22H23N3O. The lowest BCUT2D eigenvalue weighted by Crippen LogP contribution is -2.39. The van der Waals surface area contributed by atoms with E-state index in [-0.39, 0.29) is 11.9 Å². The lowest BCUT2D eigenvalue weighted by molar-refractivity contribution is -0.120. The minimum atomic E-state index is -0.101. The first kappa shape index (κ1) is 16.7. The van der Waals surface area contributed by atoms with Crippen LogP contribution in [0.1, 0.15) is 24.1 Å². The Hall–Kier alpha value is -2.72. The highest BCUT2D eigenvalue weighted by Crippen LogP contribution is 2.25. The van der Waals surface area contributed by atoms with E-state index in [1.54, 1.807) is 0 Å². The first-order chi connectivity index (χ1) is 12.7. The number of carbonyl (C=O) groups is 1. The number of rotatable bonds is 4. The Balaban J connectivity index is 1.52. The highest BCUT2D eigenvalue weighted by molar-refractivity contribution is 5.94. The van der Waals surface area contributed by atoms with Crippen molar-refractivity contribution in [2.75, 3.05) is 11.9 Å². The Labute approximate surface area is 153 Å². The molecule has 1 aliphatic heterocycles. The Morgan fingerprint density at radius 3 is 2.81 bits per heavy atom. The number of nitrogens with zero attached hydrogens (tertiary/aromatic N) is 2. The predicted octanol–water partition coefficient (Wildman–Crippen LogP) is 4.15. The summed E-state index contributed by atoms with van der Waals surface area (Å²) in [5.74, 6) is 0.674. The van der Waals surface area contributed by atoms with Crippen molar-refractivity contribution in [3.8, 4) is 0 Å². The third-order valence-electron chi connectivity index (χ3n) is 5.06. The van der Waals surface area contributed by atoms with E-state index in [0.717, 1.165) is 31.6 Å². The zero-order valence-electron chi connectivity index (χ0n) is 15.0. The van der Waals surface area contributed by atoms with E-state index in [1.165, 1.54) is 16.3 Å². The van der Waals surface area contributed by atoms with Gasteiger partial charge in [0.25, 0.3) is 0 Å². The molecule has 1 fully saturated rings. The summed E-state index contributed by atoms with van der Waals surface area (Å²) in [7, 11) is 0. The van der Waals surface area contributed by atoms with Crippen LogP contribution in [0.4, 0.5) is 5.82 Å². The number of benzene rings is 2. The SMILES string of the molecule is Cc1cccc(NC(=O)[C@@H]2CCCN2Cc2cccc3ccccc23)n1. The molecule has 1 saturated heterocycles. The molecule has 0 unspecified atom stereocenters. The summed E-state index contributed by atoms with van der Waals surface area (Å²) < 4.78 is 0. The minimum absolute atomic E-state index is 0.0424. The number of hydrogen-bond donors (Lipinski definition) is 1. The number of carbonyl (C=O) groups excluding carboxylic acids is 1. The van der Waals surface area contributed by atoms with Crippen molar-refractivity contribution in [1.29, 1.82) is 0 Å². The normalized spacial score (nSPS) is 17.5. The second-order valence-corrected chi connectivity index (χ2v) is 6.92. The van der Waals surface area contributed by atoms with Gasteiger partial charge < -0.3 is 5.32 Å². The quantitative estimate of drug-likeness (QED) is 0.773. The monoisotopic (exact) mass is 345 g/mol. The summed E-state index contributed by atoms with van der Waals surface area (Å²) in [5, 5.41) is 5.50. The molecule has 1 amide bonds. The number of pyridine rings is 1. The third kappa shape index (κ3) is 3.46. The zero-order chi connectivity index (χ0) is 17.9. The van der Waals surface area contributed by atoms with Crippen LogP contribution >= 0.6 is 0 Å². The Kier molecular flexibility index (Phi) is 4.67. The van der Waals surface area contributed by atoms with Crippen LogP contribution in [0.15, 0.2) is 60.7 Å². The lowest BCUT2D eigenvalue weighted by atomic mass is 10.0. The topological polar surface area (TPSA) is 45.2 Å². The largest absolute Gasteiger partial charge is 0.309 e. The summed E-state index contributed by atoms with van der Waals surface area (Å²) in [4.78, 5) is 19.5. The van der Waals surface area contributed by atoms with Crippen LogP contribution in [0.2, 0.25) is 0 Å². The number of anilines is 1. The number of fused-ring (bicyclic) bond motifs is 1. The number of aromatic nitrogens is 1. The molecule has 0 spiro atoms. The van der Waals surface area contributed by atoms with E-state index in [9.17, 15) is 4.79 Å². The van der Waals surface area contributed by atoms with Crippen LogP contribution < -0.4 is 5.32 Å². The second-order valence-electron chi connectivity index (χ2n) is 6.92. The van der Waals surface area contributed by atoms with Crippen molar-refractivity contribution in [3.63, 3.8) is 0 Å². The average molecular weight is 345 g/mol. The molecule has 4 heteroatoms. The van der Waals surface area contributed by atoms with Crippen LogP contribution in [0.5, 0.6) is 0 Å². The van der Waals surface area contributed by atoms with Crippen molar-refractivity contribution in [1.82, 2.24) is 9.88 Å². The molecule has 0 aliphatic carbocycles. The van der Waals surface area contributed by atoms with Crippen LogP contribution in [0.25, 0.3) is 10.8 Å². The summed E-state index contributed by atoms with van der Waals surface area (Å²) >= 11 is 0. The average Bonchev–Trinajstić information content (AvgIpc) is 3.10. The molecular weight excluding hydrogens is 322 g/mol. The Morgan fingerprint density at radius 1 is 1.12 bits per heavy atom. The molecule has 0 bridgehead atoms. The van der Waals surface area contributed by atoms with E-state index in [1.807, 2.05) is 25.1 Å². The van der Waals surface area contributed by atoms with E-state index in [4.69, 9.17) is 0 Å². The standard InChI is InChI=1S/C22H23N3O/c1-16-7-4-13-21(23-16)24-22(26)20-12-6-14-25(20)15-18-10-5-9-17-8-2-3-11-19(17)18/h2-5,7-11,13,20H,6,12,14-15H2,1H3,(H,23,24,26)/t20-/m0/s1. The molecule has 1 aromatic heterocycles. The fraction of sp³-hybridized carbons (Fsp3) is 0.273. The van der Waals surface area contributed by atoms with Gasteiger partial charge in [0.15, 0.2) is 0 Å². The highest BCUT2D eigenvalue weighted by atomic mass is 16.2. The van der Waals surface area contributed by atoms with Gasteiger partial charge in [-0.2, -0.15) is 0 Å². The van der Waals surface area contributed by atoms with E-state index in [0.29, 0.717) is 5.82 Å². The van der Waals surface area contributed by atoms with Gasteiger partial charge in [0.05, 0.1) is 6.04 Å². The molecule has 0 saturated carbocycles. The van der Waals surface area contributed by atoms with Gasteiger partial charge in [0.2, 0.25) is 5.91 Å². The van der Waals surface area contributed by atoms with Gasteiger partial charge in [0.1, 0.15) is 5.82 Å². The third-order valence-corrected chi connectivity index (χ3v) is 5.06. The van der Waals surface area contributed by atoms with Gasteiger partial charge in [-0.3, -0.25) is 9.69 Å². The van der Waals surface area contributed by atoms with Crippen molar-refractivity contribution >= 4 is 22.5 Å². The molecule has 2 aromatic carbocycles. The van der Waals surface area contributed by atoms with Crippen molar-refractivity contribution < 1.29 is 4.79 Å². The van der Waals surface area contributed by atoms with Gasteiger partial charge in [-0.15, -0.1) is 0 Å². The summed E-state index contributed by atoms with van der Waals surface area (Å²) in [6.07, 6.45) is 1.94. The molecule has 1 N–H and O–H groups in total. The van der Waals surface area contributed by atoms with E-state index < -0.39 is 0 Å². The molecule has 0 radical (unpaired) electrons. The maximum Gasteiger partial charge on any atom is 0.242 e. The summed E-state index contributed by atoms with van der Waals surface area (Å²) in [6.45, 7) is 3.67. The first-order valence-electron chi connectivity index (χ1n) is 9.16. The lowest BCUT2D eigenvalue weighted by Gasteiger charge is -2.24. The maximum absolute atomic E-state index is 12.8. The van der Waals surface area contributed by atoms with Gasteiger partial charge in [0, 0.05) is 12.2 Å². The molecule has 1 atom stereocenters. The Bertz CT molecular complexity index is 932. The molecule has 4 rings (SSSR count). The van der Waals surface area contributed by atoms with Crippen LogP contribution in [-0.4, -0.2) is 28.4 Å². The van der Waals surface area contributed by atoms with E-state index in [2.05, 4.69) is 57.7 Å². The first-order valence-corrected chi connectivity index (χ1v) is 9.16. The number of hydrogen-bond acceptors (Lipinski definition) is 3. The summed E-state index contributed by atoms with van der Waals surface area (Å²) in [6, 6.07) is 20.4. The van der Waals surface area contributed by atoms with Crippen molar-refractivity contribution in [2.45, 2.75) is 32.4 Å². The summed E-state index contributed by atoms with van der Waals surface area (Å²) in [5.41, 5.74) is 2.18. The van der Waals surface area contributed by atoms with Crippen molar-refractivity contribution in [2.24, 2.45) is 0 Å². The van der Waals surface area contributed by atoms with Crippen molar-refractivity contribution in [3.05, 3.63) is 71.9 Å². The van der Waals surface area contributed by atoms with Crippen LogP contribution in [-0.2, 0) is 11.3 Å². The smallest absolute Gasteiger partial charge is 0.242 e. The number of amides is 1. The molecule has 4 nitrogen and oxygen atoms in total. The molecule has 1 aliphatic rings. The zero-order valence-corrected chi connectivity index (χ0v) is 15.0.